The lowest BCUT2D eigenvalue weighted by atomic mass is 9.93. The molecule has 0 aliphatic heterocycles. The Hall–Kier alpha value is -1.16. The average molecular weight is 223 g/mol. The SMILES string of the molecule is Cc1nn(C2CCC2)c2nc(Cl)ncc12. The van der Waals surface area contributed by atoms with Crippen LogP contribution in [0.5, 0.6) is 0 Å². The highest BCUT2D eigenvalue weighted by atomic mass is 35.5. The van der Waals surface area contributed by atoms with Gasteiger partial charge >= 0.3 is 0 Å². The second kappa shape index (κ2) is 3.17. The van der Waals surface area contributed by atoms with Crippen molar-refractivity contribution in [2.24, 2.45) is 0 Å². The molecule has 2 heterocycles. The lowest BCUT2D eigenvalue weighted by Crippen LogP contribution is -2.18. The third-order valence-electron chi connectivity index (χ3n) is 3.02. The molecule has 5 heteroatoms. The summed E-state index contributed by atoms with van der Waals surface area (Å²) in [6, 6.07) is 0.507. The van der Waals surface area contributed by atoms with Gasteiger partial charge in [-0.05, 0) is 37.8 Å². The number of hydrogen-bond donors (Lipinski definition) is 0. The molecule has 0 aromatic carbocycles. The maximum atomic E-state index is 5.80. The molecule has 4 nitrogen and oxygen atoms in total. The van der Waals surface area contributed by atoms with E-state index in [1.54, 1.807) is 6.20 Å². The highest BCUT2D eigenvalue weighted by Crippen LogP contribution is 2.33. The first kappa shape index (κ1) is 9.09. The third-order valence-corrected chi connectivity index (χ3v) is 3.21. The van der Waals surface area contributed by atoms with E-state index in [-0.39, 0.29) is 0 Å². The van der Waals surface area contributed by atoms with E-state index in [0.717, 1.165) is 16.7 Å². The van der Waals surface area contributed by atoms with E-state index < -0.39 is 0 Å². The van der Waals surface area contributed by atoms with Crippen molar-refractivity contribution >= 4 is 22.6 Å². The Labute approximate surface area is 92.3 Å². The standard InChI is InChI=1S/C10H11ClN4/c1-6-8-5-12-10(11)13-9(8)15(14-6)7-3-2-4-7/h5,7H,2-4H2,1H3. The summed E-state index contributed by atoms with van der Waals surface area (Å²) in [5.74, 6) is 0. The molecule has 0 saturated heterocycles. The molecule has 1 aliphatic rings. The van der Waals surface area contributed by atoms with Gasteiger partial charge in [0.1, 0.15) is 0 Å². The van der Waals surface area contributed by atoms with Gasteiger partial charge in [-0.25, -0.2) is 9.67 Å². The van der Waals surface area contributed by atoms with Crippen molar-refractivity contribution in [1.82, 2.24) is 19.7 Å². The maximum Gasteiger partial charge on any atom is 0.224 e. The maximum absolute atomic E-state index is 5.80. The van der Waals surface area contributed by atoms with Crippen LogP contribution in [0.1, 0.15) is 31.0 Å². The number of fused-ring (bicyclic) bond motifs is 1. The van der Waals surface area contributed by atoms with Gasteiger partial charge in [0, 0.05) is 6.20 Å². The fraction of sp³-hybridized carbons (Fsp3) is 0.500. The van der Waals surface area contributed by atoms with Crippen LogP contribution in [0.2, 0.25) is 5.28 Å². The number of aryl methyl sites for hydroxylation is 1. The largest absolute Gasteiger partial charge is 0.244 e. The van der Waals surface area contributed by atoms with Crippen LogP contribution in [0.3, 0.4) is 0 Å². The van der Waals surface area contributed by atoms with Gasteiger partial charge < -0.3 is 0 Å². The van der Waals surface area contributed by atoms with E-state index in [4.69, 9.17) is 11.6 Å². The monoisotopic (exact) mass is 222 g/mol. The fourth-order valence-corrected chi connectivity index (χ4v) is 2.06. The molecule has 0 unspecified atom stereocenters. The molecule has 78 valence electrons. The van der Waals surface area contributed by atoms with Crippen molar-refractivity contribution in [3.05, 3.63) is 17.2 Å². The molecule has 0 amide bonds. The van der Waals surface area contributed by atoms with Crippen LogP contribution in [0.25, 0.3) is 11.0 Å². The van der Waals surface area contributed by atoms with Gasteiger partial charge in [-0.15, -0.1) is 0 Å². The molecule has 0 N–H and O–H groups in total. The number of rotatable bonds is 1. The van der Waals surface area contributed by atoms with Crippen LogP contribution in [0, 0.1) is 6.92 Å². The van der Waals surface area contributed by atoms with Gasteiger partial charge in [0.2, 0.25) is 5.28 Å². The second-order valence-corrected chi connectivity index (χ2v) is 4.33. The van der Waals surface area contributed by atoms with Crippen molar-refractivity contribution in [2.45, 2.75) is 32.2 Å². The van der Waals surface area contributed by atoms with Crippen LogP contribution in [-0.4, -0.2) is 19.7 Å². The van der Waals surface area contributed by atoms with E-state index in [2.05, 4.69) is 15.1 Å². The summed E-state index contributed by atoms with van der Waals surface area (Å²) in [6.07, 6.45) is 5.42. The molecule has 15 heavy (non-hydrogen) atoms. The van der Waals surface area contributed by atoms with Crippen molar-refractivity contribution in [2.75, 3.05) is 0 Å². The predicted molar refractivity (Wildman–Crippen MR) is 58.0 cm³/mol. The summed E-state index contributed by atoms with van der Waals surface area (Å²) in [6.45, 7) is 1.98. The molecule has 0 radical (unpaired) electrons. The average Bonchev–Trinajstić information content (AvgIpc) is 2.41. The number of nitrogens with zero attached hydrogens (tertiary/aromatic N) is 4. The Morgan fingerprint density at radius 1 is 1.47 bits per heavy atom. The molecule has 0 spiro atoms. The Morgan fingerprint density at radius 2 is 2.27 bits per heavy atom. The Balaban J connectivity index is 2.24. The normalized spacial score (nSPS) is 16.9. The van der Waals surface area contributed by atoms with Gasteiger partial charge in [-0.1, -0.05) is 0 Å². The summed E-state index contributed by atoms with van der Waals surface area (Å²) in [5.41, 5.74) is 1.85. The molecular formula is C10H11ClN4. The summed E-state index contributed by atoms with van der Waals surface area (Å²) < 4.78 is 2.00. The molecule has 1 saturated carbocycles. The van der Waals surface area contributed by atoms with Crippen molar-refractivity contribution in [3.8, 4) is 0 Å². The number of halogens is 1. The minimum atomic E-state index is 0.294. The molecule has 3 rings (SSSR count). The lowest BCUT2D eigenvalue weighted by molar-refractivity contribution is 0.295. The third kappa shape index (κ3) is 1.32. The van der Waals surface area contributed by atoms with Crippen LogP contribution in [0.15, 0.2) is 6.20 Å². The van der Waals surface area contributed by atoms with E-state index >= 15 is 0 Å². The van der Waals surface area contributed by atoms with E-state index in [1.165, 1.54) is 19.3 Å². The van der Waals surface area contributed by atoms with Gasteiger partial charge in [-0.3, -0.25) is 0 Å². The smallest absolute Gasteiger partial charge is 0.224 e. The summed E-state index contributed by atoms with van der Waals surface area (Å²) >= 11 is 5.80. The zero-order valence-electron chi connectivity index (χ0n) is 8.44. The van der Waals surface area contributed by atoms with Crippen molar-refractivity contribution in [3.63, 3.8) is 0 Å². The first-order valence-electron chi connectivity index (χ1n) is 5.13. The van der Waals surface area contributed by atoms with E-state index in [1.807, 2.05) is 11.6 Å². The summed E-state index contributed by atoms with van der Waals surface area (Å²) in [4.78, 5) is 8.24. The minimum Gasteiger partial charge on any atom is -0.244 e. The van der Waals surface area contributed by atoms with E-state index in [9.17, 15) is 0 Å². The van der Waals surface area contributed by atoms with Gasteiger partial charge in [0.15, 0.2) is 5.65 Å². The van der Waals surface area contributed by atoms with E-state index in [0.29, 0.717) is 11.3 Å². The Bertz CT molecular complexity index is 515. The van der Waals surface area contributed by atoms with Crippen molar-refractivity contribution < 1.29 is 0 Å². The zero-order chi connectivity index (χ0) is 10.4. The van der Waals surface area contributed by atoms with Crippen LogP contribution in [-0.2, 0) is 0 Å². The predicted octanol–water partition coefficient (Wildman–Crippen LogP) is 2.51. The van der Waals surface area contributed by atoms with Gasteiger partial charge in [-0.2, -0.15) is 10.1 Å². The first-order valence-corrected chi connectivity index (χ1v) is 5.51. The highest BCUT2D eigenvalue weighted by Gasteiger charge is 2.23. The second-order valence-electron chi connectivity index (χ2n) is 3.99. The molecule has 2 aromatic rings. The molecule has 1 fully saturated rings. The molecule has 0 bridgehead atoms. The molecule has 1 aliphatic carbocycles. The highest BCUT2D eigenvalue weighted by molar-refractivity contribution is 6.28. The zero-order valence-corrected chi connectivity index (χ0v) is 9.20. The lowest BCUT2D eigenvalue weighted by Gasteiger charge is -2.25. The van der Waals surface area contributed by atoms with Gasteiger partial charge in [0.05, 0.1) is 17.1 Å². The van der Waals surface area contributed by atoms with Gasteiger partial charge in [0.25, 0.3) is 0 Å². The molecule has 2 aromatic heterocycles. The fourth-order valence-electron chi connectivity index (χ4n) is 1.93. The van der Waals surface area contributed by atoms with Crippen LogP contribution >= 0.6 is 11.6 Å². The quantitative estimate of drug-likeness (QED) is 0.697. The molecular weight excluding hydrogens is 212 g/mol. The van der Waals surface area contributed by atoms with Crippen molar-refractivity contribution in [1.29, 1.82) is 0 Å². The number of aromatic nitrogens is 4. The Kier molecular flexibility index (Phi) is 1.92. The first-order chi connectivity index (χ1) is 7.25. The summed E-state index contributed by atoms with van der Waals surface area (Å²) in [7, 11) is 0. The number of hydrogen-bond acceptors (Lipinski definition) is 3. The topological polar surface area (TPSA) is 43.6 Å². The van der Waals surface area contributed by atoms with Crippen LogP contribution < -0.4 is 0 Å². The summed E-state index contributed by atoms with van der Waals surface area (Å²) in [5, 5.41) is 5.81. The minimum absolute atomic E-state index is 0.294. The van der Waals surface area contributed by atoms with Crippen LogP contribution in [0.4, 0.5) is 0 Å². The molecule has 0 atom stereocenters. The Morgan fingerprint density at radius 3 is 2.93 bits per heavy atom.